The summed E-state index contributed by atoms with van der Waals surface area (Å²) in [6.07, 6.45) is 20.9. The van der Waals surface area contributed by atoms with E-state index in [9.17, 15) is 13.2 Å². The van der Waals surface area contributed by atoms with Crippen molar-refractivity contribution in [1.82, 2.24) is 15.2 Å². The number of ether oxygens (including phenoxy) is 2. The quantitative estimate of drug-likeness (QED) is 0.164. The number of esters is 1. The summed E-state index contributed by atoms with van der Waals surface area (Å²) in [5.74, 6) is 4.21. The number of nitrogens with one attached hydrogen (secondary N) is 1. The number of carbonyl (C=O) groups excluding carboxylic acids is 1. The van der Waals surface area contributed by atoms with Crippen molar-refractivity contribution < 1.29 is 22.7 Å². The van der Waals surface area contributed by atoms with Crippen LogP contribution in [-0.4, -0.2) is 80.2 Å². The van der Waals surface area contributed by atoms with Gasteiger partial charge in [-0.1, -0.05) is 65.0 Å². The lowest BCUT2D eigenvalue weighted by Gasteiger charge is -2.72. The molecule has 0 bridgehead atoms. The van der Waals surface area contributed by atoms with Crippen LogP contribution in [0.4, 0.5) is 0 Å². The second kappa shape index (κ2) is 16.5. The Kier molecular flexibility index (Phi) is 12.2. The number of fused-ring (bicyclic) bond motifs is 7. The van der Waals surface area contributed by atoms with Gasteiger partial charge in [-0.25, -0.2) is 13.4 Å². The van der Waals surface area contributed by atoms with Gasteiger partial charge in [-0.05, 0) is 173 Å². The zero-order valence-electron chi connectivity index (χ0n) is 39.1. The largest absolute Gasteiger partial charge is 0.478 e. The third-order valence-corrected chi connectivity index (χ3v) is 20.8. The molecule has 9 heteroatoms. The third kappa shape index (κ3) is 7.82. The Bertz CT molecular complexity index is 1980. The highest BCUT2D eigenvalue weighted by Gasteiger charge is 2.70. The van der Waals surface area contributed by atoms with Gasteiger partial charge in [0, 0.05) is 44.0 Å². The summed E-state index contributed by atoms with van der Waals surface area (Å²) in [6, 6.07) is 5.68. The summed E-state index contributed by atoms with van der Waals surface area (Å²) >= 11 is 0. The molecule has 7 aliphatic rings. The molecule has 4 saturated carbocycles. The van der Waals surface area contributed by atoms with Gasteiger partial charge >= 0.3 is 5.97 Å². The molecular formula is C52H79N3O5S. The van der Waals surface area contributed by atoms with Crippen molar-refractivity contribution in [2.45, 2.75) is 151 Å². The predicted molar refractivity (Wildman–Crippen MR) is 246 cm³/mol. The fourth-order valence-corrected chi connectivity index (χ4v) is 17.1. The average molecular weight is 858 g/mol. The van der Waals surface area contributed by atoms with Crippen LogP contribution in [-0.2, 0) is 19.4 Å². The molecule has 10 atom stereocenters. The summed E-state index contributed by atoms with van der Waals surface area (Å²) in [7, 11) is -2.87. The number of sulfone groups is 1. The van der Waals surface area contributed by atoms with Gasteiger partial charge in [0.2, 0.25) is 5.88 Å². The second-order valence-electron chi connectivity index (χ2n) is 22.7. The fourth-order valence-electron chi connectivity index (χ4n) is 15.8. The molecule has 0 spiro atoms. The minimum Gasteiger partial charge on any atom is -0.478 e. The highest BCUT2D eigenvalue weighted by molar-refractivity contribution is 7.91. The van der Waals surface area contributed by atoms with Gasteiger partial charge in [0.15, 0.2) is 9.84 Å². The molecule has 0 radical (unpaired) electrons. The molecule has 1 saturated heterocycles. The lowest BCUT2D eigenvalue weighted by Crippen LogP contribution is -2.68. The van der Waals surface area contributed by atoms with E-state index in [1.54, 1.807) is 6.20 Å². The van der Waals surface area contributed by atoms with E-state index in [2.05, 4.69) is 75.5 Å². The number of rotatable bonds is 12. The lowest BCUT2D eigenvalue weighted by molar-refractivity contribution is -0.221. The molecule has 6 aliphatic carbocycles. The van der Waals surface area contributed by atoms with Crippen molar-refractivity contribution in [3.63, 3.8) is 0 Å². The number of aromatic nitrogens is 1. The van der Waals surface area contributed by atoms with Gasteiger partial charge < -0.3 is 19.7 Å². The average Bonchev–Trinajstić information content (AvgIpc) is 3.59. The smallest absolute Gasteiger partial charge is 0.312 e. The maximum atomic E-state index is 13.8. The number of nitrogens with zero attached hydrogens (tertiary/aromatic N) is 2. The van der Waals surface area contributed by atoms with Crippen LogP contribution in [0.15, 0.2) is 59.8 Å². The Morgan fingerprint density at radius 1 is 0.934 bits per heavy atom. The number of carbonyl (C=O) groups is 1. The van der Waals surface area contributed by atoms with Gasteiger partial charge in [0.05, 0.1) is 29.6 Å². The molecule has 1 N–H and O–H groups in total. The molecule has 0 amide bonds. The first-order chi connectivity index (χ1) is 28.8. The maximum Gasteiger partial charge on any atom is 0.312 e. The highest BCUT2D eigenvalue weighted by atomic mass is 32.2. The summed E-state index contributed by atoms with van der Waals surface area (Å²) in [4.78, 5) is 20.5. The molecule has 8 nitrogen and oxygen atoms in total. The van der Waals surface area contributed by atoms with Crippen LogP contribution in [0.5, 0.6) is 5.88 Å². The van der Waals surface area contributed by atoms with Gasteiger partial charge in [-0.2, -0.15) is 0 Å². The van der Waals surface area contributed by atoms with Crippen molar-refractivity contribution in [1.29, 1.82) is 0 Å². The molecule has 1 aliphatic heterocycles. The summed E-state index contributed by atoms with van der Waals surface area (Å²) in [5.41, 5.74) is 4.72. The molecule has 1 aromatic rings. The first-order valence-corrected chi connectivity index (χ1v) is 26.1. The topological polar surface area (TPSA) is 97.8 Å². The Balaban J connectivity index is 1.00. The van der Waals surface area contributed by atoms with Gasteiger partial charge in [0.1, 0.15) is 0 Å². The zero-order valence-corrected chi connectivity index (χ0v) is 39.9. The van der Waals surface area contributed by atoms with Crippen LogP contribution in [0.1, 0.15) is 139 Å². The minimum absolute atomic E-state index is 0.0408. The van der Waals surface area contributed by atoms with Crippen molar-refractivity contribution in [2.24, 2.45) is 56.7 Å². The molecule has 1 unspecified atom stereocenters. The maximum absolute atomic E-state index is 13.8. The van der Waals surface area contributed by atoms with Crippen LogP contribution in [0.25, 0.3) is 0 Å². The summed E-state index contributed by atoms with van der Waals surface area (Å²) in [5, 5.41) is 4.24. The van der Waals surface area contributed by atoms with E-state index < -0.39 is 15.3 Å². The van der Waals surface area contributed by atoms with Gasteiger partial charge in [-0.3, -0.25) is 4.79 Å². The van der Waals surface area contributed by atoms with Crippen LogP contribution < -0.4 is 10.1 Å². The highest BCUT2D eigenvalue weighted by Crippen LogP contribution is 2.76. The molecular weight excluding hydrogens is 779 g/mol. The van der Waals surface area contributed by atoms with E-state index in [1.165, 1.54) is 68.1 Å². The first-order valence-electron chi connectivity index (χ1n) is 24.3. The zero-order chi connectivity index (χ0) is 43.6. The Hall–Kier alpha value is -2.49. The third-order valence-electron chi connectivity index (χ3n) is 19.2. The van der Waals surface area contributed by atoms with Crippen LogP contribution >= 0.6 is 0 Å². The number of hydrogen-bond acceptors (Lipinski definition) is 8. The first kappa shape index (κ1) is 45.1. The van der Waals surface area contributed by atoms with Crippen molar-refractivity contribution >= 4 is 15.8 Å². The molecule has 338 valence electrons. The summed E-state index contributed by atoms with van der Waals surface area (Å²) < 4.78 is 36.2. The van der Waals surface area contributed by atoms with E-state index >= 15 is 0 Å². The van der Waals surface area contributed by atoms with Crippen molar-refractivity contribution in [3.8, 4) is 5.88 Å². The van der Waals surface area contributed by atoms with E-state index in [0.29, 0.717) is 79.5 Å². The van der Waals surface area contributed by atoms with Crippen molar-refractivity contribution in [3.05, 3.63) is 59.8 Å². The summed E-state index contributed by atoms with van der Waals surface area (Å²) in [6.45, 7) is 27.7. The number of allylic oxidation sites excluding steroid dienone is 5. The normalized spacial score (nSPS) is 40.4. The monoisotopic (exact) mass is 858 g/mol. The molecule has 5 fully saturated rings. The van der Waals surface area contributed by atoms with E-state index in [1.807, 2.05) is 32.0 Å². The van der Waals surface area contributed by atoms with Crippen LogP contribution in [0, 0.1) is 56.7 Å². The van der Waals surface area contributed by atoms with Crippen molar-refractivity contribution in [2.75, 3.05) is 44.3 Å². The van der Waals surface area contributed by atoms with E-state index in [4.69, 9.17) is 9.47 Å². The molecule has 1 aromatic heterocycles. The fraction of sp³-hybridized carbons (Fsp3) is 0.769. The predicted octanol–water partition coefficient (Wildman–Crippen LogP) is 10.2. The van der Waals surface area contributed by atoms with Crippen LogP contribution in [0.3, 0.4) is 0 Å². The molecule has 61 heavy (non-hydrogen) atoms. The SMILES string of the molecule is C=C(C)[C@@H]1CC[C@]2(NCCN3CCS(=O)(=O)CC3)CC[C@]3(C)[C@H](CC[C@@H]4[C@@]5(C)CC=C(C6=CCC(CCOc7ccccn7)(C(=O)OC(C)C)CC6)C(C)(C)[C@@H]5CC[C@]43C)[C@@H]12. The molecule has 0 aromatic carbocycles. The van der Waals surface area contributed by atoms with E-state index in [0.717, 1.165) is 32.4 Å². The lowest BCUT2D eigenvalue weighted by atomic mass is 9.33. The molecule has 8 rings (SSSR count). The Morgan fingerprint density at radius 3 is 2.38 bits per heavy atom. The van der Waals surface area contributed by atoms with Gasteiger partial charge in [-0.15, -0.1) is 0 Å². The number of hydrogen-bond donors (Lipinski definition) is 1. The Morgan fingerprint density at radius 2 is 1.70 bits per heavy atom. The van der Waals surface area contributed by atoms with Gasteiger partial charge in [0.25, 0.3) is 0 Å². The standard InChI is InChI=1S/C52H79N3O5S/c1-36(2)39-17-24-52(54-29-30-55-31-34-61(57,58)35-32-55)26-25-49(8)41(45(39)52)13-14-43-48(7)20-18-40(47(5,6)42(48)19-21-50(43,49)9)38-15-22-51(23-16-38,46(56)60-37(3)4)27-33-59-44-12-10-11-28-53-44/h10-12,15,18,28,37,39,41-43,45,54H,1,13-14,16-17,19-27,29-35H2,2-9H3/t39-,41+,42-,43+,45+,48-,49+,50+,51?,52-/m0/s1. The van der Waals surface area contributed by atoms with Crippen LogP contribution in [0.2, 0.25) is 0 Å². The minimum atomic E-state index is -2.87. The second-order valence-corrected chi connectivity index (χ2v) is 25.0. The molecule has 2 heterocycles. The van der Waals surface area contributed by atoms with E-state index in [-0.39, 0.29) is 39.3 Å². The Labute approximate surface area is 369 Å². The number of pyridine rings is 1.